The van der Waals surface area contributed by atoms with Crippen molar-refractivity contribution in [2.75, 3.05) is 5.32 Å². The van der Waals surface area contributed by atoms with Crippen LogP contribution < -0.4 is 5.32 Å². The molecule has 0 saturated carbocycles. The van der Waals surface area contributed by atoms with Crippen LogP contribution in [-0.4, -0.2) is 24.9 Å². The van der Waals surface area contributed by atoms with E-state index in [0.29, 0.717) is 5.82 Å². The number of hydrogen-bond acceptors (Lipinski definition) is 7. The third-order valence-electron chi connectivity index (χ3n) is 3.15. The molecule has 0 aliphatic carbocycles. The lowest BCUT2D eigenvalue weighted by Gasteiger charge is -2.16. The molecule has 3 aromatic heterocycles. The molecule has 0 aliphatic heterocycles. The van der Waals surface area contributed by atoms with Gasteiger partial charge in [-0.25, -0.2) is 19.9 Å². The van der Waals surface area contributed by atoms with Gasteiger partial charge in [0.2, 0.25) is 0 Å². The van der Waals surface area contributed by atoms with Gasteiger partial charge >= 0.3 is 0 Å². The highest BCUT2D eigenvalue weighted by Crippen LogP contribution is 2.33. The molecule has 0 bridgehead atoms. The van der Waals surface area contributed by atoms with E-state index in [2.05, 4.69) is 46.0 Å². The Morgan fingerprint density at radius 3 is 2.57 bits per heavy atom. The van der Waals surface area contributed by atoms with Crippen LogP contribution in [0.25, 0.3) is 10.6 Å². The largest absolute Gasteiger partial charge is 0.315 e. The zero-order valence-electron chi connectivity index (χ0n) is 13.5. The summed E-state index contributed by atoms with van der Waals surface area (Å²) in [5.41, 5.74) is 1.74. The van der Waals surface area contributed by atoms with Gasteiger partial charge in [-0.1, -0.05) is 32.1 Å². The average Bonchev–Trinajstić information content (AvgIpc) is 2.88. The van der Waals surface area contributed by atoms with Gasteiger partial charge in [0.05, 0.1) is 22.5 Å². The Bertz CT molecular complexity index is 807. The third kappa shape index (κ3) is 3.50. The monoisotopic (exact) mass is 326 g/mol. The minimum atomic E-state index is -0.0880. The average molecular weight is 326 g/mol. The maximum absolute atomic E-state index is 4.70. The molecule has 0 aliphatic rings. The van der Waals surface area contributed by atoms with Crippen LogP contribution in [0.5, 0.6) is 0 Å². The Kier molecular flexibility index (Phi) is 4.04. The molecule has 7 heteroatoms. The van der Waals surface area contributed by atoms with E-state index < -0.39 is 0 Å². The van der Waals surface area contributed by atoms with Crippen molar-refractivity contribution in [1.29, 1.82) is 0 Å². The summed E-state index contributed by atoms with van der Waals surface area (Å²) in [5.74, 6) is 1.50. The van der Waals surface area contributed by atoms with Crippen molar-refractivity contribution >= 4 is 22.3 Å². The number of hydrogen-bond donors (Lipinski definition) is 1. The maximum atomic E-state index is 4.70. The van der Waals surface area contributed by atoms with Gasteiger partial charge in [-0.15, -0.1) is 0 Å². The number of anilines is 2. The quantitative estimate of drug-likeness (QED) is 0.790. The van der Waals surface area contributed by atoms with Crippen LogP contribution in [0.2, 0.25) is 0 Å². The summed E-state index contributed by atoms with van der Waals surface area (Å²) in [6, 6.07) is 1.92. The van der Waals surface area contributed by atoms with Gasteiger partial charge in [0.1, 0.15) is 5.82 Å². The molecule has 0 amide bonds. The van der Waals surface area contributed by atoms with Crippen molar-refractivity contribution in [3.63, 3.8) is 0 Å². The van der Waals surface area contributed by atoms with E-state index in [1.807, 2.05) is 13.0 Å². The summed E-state index contributed by atoms with van der Waals surface area (Å²) >= 11 is 1.55. The summed E-state index contributed by atoms with van der Waals surface area (Å²) in [5, 5.41) is 3.94. The van der Waals surface area contributed by atoms with Crippen LogP contribution in [0.15, 0.2) is 30.9 Å². The smallest absolute Gasteiger partial charge is 0.189 e. The van der Waals surface area contributed by atoms with Gasteiger partial charge in [-0.05, 0) is 13.0 Å². The first-order valence-corrected chi connectivity index (χ1v) is 8.09. The molecule has 0 radical (unpaired) electrons. The molecule has 0 unspecified atom stereocenters. The first kappa shape index (κ1) is 15.5. The van der Waals surface area contributed by atoms with Crippen molar-refractivity contribution in [3.8, 4) is 10.6 Å². The molecule has 6 nitrogen and oxygen atoms in total. The van der Waals surface area contributed by atoms with Gasteiger partial charge in [0, 0.05) is 24.0 Å². The zero-order chi connectivity index (χ0) is 16.4. The van der Waals surface area contributed by atoms with Crippen molar-refractivity contribution in [2.24, 2.45) is 0 Å². The SMILES string of the molecule is Cc1nc(Nc2cnccn2)sc1-c1ccnc(C(C)(C)C)n1. The Labute approximate surface area is 139 Å². The van der Waals surface area contributed by atoms with Gasteiger partial charge in [0.15, 0.2) is 10.9 Å². The second-order valence-corrected chi connectivity index (χ2v) is 7.16. The molecule has 0 atom stereocenters. The fraction of sp³-hybridized carbons (Fsp3) is 0.312. The number of thiazole rings is 1. The topological polar surface area (TPSA) is 76.5 Å². The molecule has 3 aromatic rings. The van der Waals surface area contributed by atoms with Gasteiger partial charge in [-0.3, -0.25) is 4.98 Å². The fourth-order valence-corrected chi connectivity index (χ4v) is 2.95. The predicted molar refractivity (Wildman–Crippen MR) is 91.9 cm³/mol. The first-order valence-electron chi connectivity index (χ1n) is 7.28. The van der Waals surface area contributed by atoms with Crippen LogP contribution in [0, 0.1) is 6.92 Å². The van der Waals surface area contributed by atoms with Crippen LogP contribution in [0.1, 0.15) is 32.3 Å². The third-order valence-corrected chi connectivity index (χ3v) is 4.25. The minimum Gasteiger partial charge on any atom is -0.315 e. The Morgan fingerprint density at radius 2 is 1.87 bits per heavy atom. The van der Waals surface area contributed by atoms with Crippen molar-refractivity contribution in [3.05, 3.63) is 42.4 Å². The van der Waals surface area contributed by atoms with E-state index >= 15 is 0 Å². The Hall–Kier alpha value is -2.41. The maximum Gasteiger partial charge on any atom is 0.189 e. The molecule has 0 fully saturated rings. The van der Waals surface area contributed by atoms with Gasteiger partial charge in [-0.2, -0.15) is 0 Å². The second kappa shape index (κ2) is 6.00. The number of aryl methyl sites for hydroxylation is 1. The van der Waals surface area contributed by atoms with E-state index in [1.54, 1.807) is 36.1 Å². The molecule has 3 heterocycles. The molecular weight excluding hydrogens is 308 g/mol. The summed E-state index contributed by atoms with van der Waals surface area (Å²) in [4.78, 5) is 22.9. The molecule has 0 aromatic carbocycles. The van der Waals surface area contributed by atoms with Crippen LogP contribution in [0.4, 0.5) is 10.9 Å². The van der Waals surface area contributed by atoms with Gasteiger partial charge in [0.25, 0.3) is 0 Å². The summed E-state index contributed by atoms with van der Waals surface area (Å²) in [6.45, 7) is 8.29. The number of nitrogens with zero attached hydrogens (tertiary/aromatic N) is 5. The van der Waals surface area contributed by atoms with E-state index in [1.165, 1.54) is 0 Å². The van der Waals surface area contributed by atoms with E-state index in [0.717, 1.165) is 27.2 Å². The second-order valence-electron chi connectivity index (χ2n) is 6.16. The molecule has 23 heavy (non-hydrogen) atoms. The summed E-state index contributed by atoms with van der Waals surface area (Å²) < 4.78 is 0. The highest BCUT2D eigenvalue weighted by molar-refractivity contribution is 7.19. The lowest BCUT2D eigenvalue weighted by Crippen LogP contribution is -2.15. The minimum absolute atomic E-state index is 0.0880. The van der Waals surface area contributed by atoms with Crippen molar-refractivity contribution in [1.82, 2.24) is 24.9 Å². The predicted octanol–water partition coefficient (Wildman–Crippen LogP) is 3.74. The fourth-order valence-electron chi connectivity index (χ4n) is 2.01. The Morgan fingerprint density at radius 1 is 1.04 bits per heavy atom. The van der Waals surface area contributed by atoms with E-state index in [4.69, 9.17) is 4.98 Å². The Balaban J connectivity index is 1.92. The first-order chi connectivity index (χ1) is 10.9. The number of nitrogens with one attached hydrogen (secondary N) is 1. The highest BCUT2D eigenvalue weighted by Gasteiger charge is 2.19. The van der Waals surface area contributed by atoms with Crippen LogP contribution in [0.3, 0.4) is 0 Å². The zero-order valence-corrected chi connectivity index (χ0v) is 14.3. The molecule has 0 saturated heterocycles. The summed E-state index contributed by atoms with van der Waals surface area (Å²) in [6.07, 6.45) is 6.75. The number of rotatable bonds is 3. The lowest BCUT2D eigenvalue weighted by atomic mass is 9.95. The normalized spacial score (nSPS) is 11.5. The molecule has 1 N–H and O–H groups in total. The summed E-state index contributed by atoms with van der Waals surface area (Å²) in [7, 11) is 0. The van der Waals surface area contributed by atoms with Gasteiger partial charge < -0.3 is 5.32 Å². The van der Waals surface area contributed by atoms with Crippen LogP contribution in [-0.2, 0) is 5.41 Å². The van der Waals surface area contributed by atoms with Crippen molar-refractivity contribution < 1.29 is 0 Å². The molecule has 0 spiro atoms. The molecule has 3 rings (SSSR count). The molecular formula is C16H18N6S. The highest BCUT2D eigenvalue weighted by atomic mass is 32.1. The van der Waals surface area contributed by atoms with E-state index in [-0.39, 0.29) is 5.41 Å². The molecule has 118 valence electrons. The van der Waals surface area contributed by atoms with Crippen molar-refractivity contribution in [2.45, 2.75) is 33.1 Å². The standard InChI is InChI=1S/C16H18N6S/c1-10-13(11-5-6-19-14(21-11)16(2,3)4)23-15(20-10)22-12-9-17-7-8-18-12/h5-9H,1-4H3,(H,18,20,22). The lowest BCUT2D eigenvalue weighted by molar-refractivity contribution is 0.546. The number of aromatic nitrogens is 5. The van der Waals surface area contributed by atoms with E-state index in [9.17, 15) is 0 Å². The van der Waals surface area contributed by atoms with Crippen LogP contribution >= 0.6 is 11.3 Å².